The standard InChI is InChI=1S/C27H23N3O2S/c1-18-12-19(2)26-24(13-18)29-27(33-26)30(16-20-6-5-11-28-15-20)25(31)17-32-23-10-9-21-7-3-4-8-22(21)14-23/h3-15H,16-17H2,1-2H3. The fraction of sp³-hybridized carbons (Fsp3) is 0.148. The summed E-state index contributed by atoms with van der Waals surface area (Å²) in [6.07, 6.45) is 3.50. The third kappa shape index (κ3) is 4.56. The first-order valence-electron chi connectivity index (χ1n) is 10.8. The molecule has 2 heterocycles. The zero-order valence-corrected chi connectivity index (χ0v) is 19.3. The fourth-order valence-electron chi connectivity index (χ4n) is 3.90. The number of aryl methyl sites for hydroxylation is 2. The number of pyridine rings is 1. The molecule has 0 fully saturated rings. The summed E-state index contributed by atoms with van der Waals surface area (Å²) >= 11 is 1.53. The van der Waals surface area contributed by atoms with Gasteiger partial charge in [0.25, 0.3) is 5.91 Å². The maximum atomic E-state index is 13.4. The lowest BCUT2D eigenvalue weighted by atomic mass is 10.1. The van der Waals surface area contributed by atoms with Crippen LogP contribution in [0.5, 0.6) is 5.75 Å². The maximum absolute atomic E-state index is 13.4. The number of thiazole rings is 1. The number of nitrogens with zero attached hydrogens (tertiary/aromatic N) is 3. The molecule has 0 spiro atoms. The van der Waals surface area contributed by atoms with Gasteiger partial charge in [0.15, 0.2) is 11.7 Å². The van der Waals surface area contributed by atoms with Gasteiger partial charge in [-0.3, -0.25) is 14.7 Å². The van der Waals surface area contributed by atoms with Crippen molar-refractivity contribution in [3.8, 4) is 5.75 Å². The van der Waals surface area contributed by atoms with Crippen LogP contribution in [0.15, 0.2) is 79.1 Å². The number of hydrogen-bond donors (Lipinski definition) is 0. The largest absolute Gasteiger partial charge is 0.484 e. The second kappa shape index (κ2) is 9.00. The Morgan fingerprint density at radius 2 is 1.85 bits per heavy atom. The number of carbonyl (C=O) groups is 1. The van der Waals surface area contributed by atoms with E-state index >= 15 is 0 Å². The van der Waals surface area contributed by atoms with Crippen molar-refractivity contribution >= 4 is 43.4 Å². The Bertz CT molecular complexity index is 1450. The van der Waals surface area contributed by atoms with Crippen LogP contribution in [0.1, 0.15) is 16.7 Å². The molecule has 6 heteroatoms. The zero-order valence-electron chi connectivity index (χ0n) is 18.5. The Kier molecular flexibility index (Phi) is 5.75. The number of ether oxygens (including phenoxy) is 1. The van der Waals surface area contributed by atoms with Gasteiger partial charge in [0.1, 0.15) is 5.75 Å². The van der Waals surface area contributed by atoms with Crippen molar-refractivity contribution in [2.45, 2.75) is 20.4 Å². The third-order valence-electron chi connectivity index (χ3n) is 5.49. The van der Waals surface area contributed by atoms with Crippen molar-refractivity contribution in [3.63, 3.8) is 0 Å². The molecule has 0 saturated heterocycles. The molecule has 0 aliphatic heterocycles. The monoisotopic (exact) mass is 453 g/mol. The number of fused-ring (bicyclic) bond motifs is 2. The van der Waals surface area contributed by atoms with E-state index in [2.05, 4.69) is 37.0 Å². The first-order chi connectivity index (χ1) is 16.1. The van der Waals surface area contributed by atoms with Gasteiger partial charge in [-0.25, -0.2) is 4.98 Å². The summed E-state index contributed by atoms with van der Waals surface area (Å²) in [7, 11) is 0. The molecule has 0 aliphatic carbocycles. The van der Waals surface area contributed by atoms with Crippen molar-refractivity contribution < 1.29 is 9.53 Å². The normalized spacial score (nSPS) is 11.1. The highest BCUT2D eigenvalue weighted by molar-refractivity contribution is 7.22. The SMILES string of the molecule is Cc1cc(C)c2sc(N(Cc3cccnc3)C(=O)COc3ccc4ccccc4c3)nc2c1. The molecule has 0 aliphatic rings. The van der Waals surface area contributed by atoms with Gasteiger partial charge in [-0.05, 0) is 65.6 Å². The lowest BCUT2D eigenvalue weighted by molar-refractivity contribution is -0.120. The summed E-state index contributed by atoms with van der Waals surface area (Å²) in [5.74, 6) is 0.514. The van der Waals surface area contributed by atoms with E-state index < -0.39 is 0 Å². The van der Waals surface area contributed by atoms with E-state index in [1.165, 1.54) is 11.3 Å². The van der Waals surface area contributed by atoms with Gasteiger partial charge >= 0.3 is 0 Å². The molecule has 0 N–H and O–H groups in total. The van der Waals surface area contributed by atoms with E-state index in [4.69, 9.17) is 9.72 Å². The van der Waals surface area contributed by atoms with Crippen LogP contribution < -0.4 is 9.64 Å². The molecule has 0 radical (unpaired) electrons. The minimum Gasteiger partial charge on any atom is -0.484 e. The third-order valence-corrected chi connectivity index (χ3v) is 6.72. The molecule has 2 aromatic heterocycles. The number of anilines is 1. The van der Waals surface area contributed by atoms with Crippen molar-refractivity contribution in [2.75, 3.05) is 11.5 Å². The number of aromatic nitrogens is 2. The molecule has 33 heavy (non-hydrogen) atoms. The first-order valence-corrected chi connectivity index (χ1v) is 11.6. The van der Waals surface area contributed by atoms with Gasteiger partial charge in [0.2, 0.25) is 0 Å². The van der Waals surface area contributed by atoms with Crippen LogP contribution in [-0.2, 0) is 11.3 Å². The molecule has 1 amide bonds. The topological polar surface area (TPSA) is 55.3 Å². The Hall–Kier alpha value is -3.77. The maximum Gasteiger partial charge on any atom is 0.267 e. The predicted octanol–water partition coefficient (Wildman–Crippen LogP) is 6.07. The minimum atomic E-state index is -0.152. The molecule has 5 aromatic rings. The van der Waals surface area contributed by atoms with E-state index in [1.807, 2.05) is 48.5 Å². The van der Waals surface area contributed by atoms with Crippen molar-refractivity contribution in [1.82, 2.24) is 9.97 Å². The molecule has 0 atom stereocenters. The molecule has 0 saturated carbocycles. The van der Waals surface area contributed by atoms with E-state index in [1.54, 1.807) is 17.3 Å². The second-order valence-corrected chi connectivity index (χ2v) is 9.04. The number of rotatable bonds is 6. The Morgan fingerprint density at radius 1 is 1.00 bits per heavy atom. The first kappa shape index (κ1) is 21.1. The highest BCUT2D eigenvalue weighted by Crippen LogP contribution is 2.33. The molecule has 5 rings (SSSR count). The van der Waals surface area contributed by atoms with Crippen LogP contribution in [-0.4, -0.2) is 22.5 Å². The molecular weight excluding hydrogens is 430 g/mol. The lowest BCUT2D eigenvalue weighted by Gasteiger charge is -2.20. The van der Waals surface area contributed by atoms with Crippen molar-refractivity contribution in [1.29, 1.82) is 0 Å². The van der Waals surface area contributed by atoms with Gasteiger partial charge in [0, 0.05) is 12.4 Å². The summed E-state index contributed by atoms with van der Waals surface area (Å²) in [6.45, 7) is 4.44. The number of benzene rings is 3. The quantitative estimate of drug-likeness (QED) is 0.313. The molecular formula is C27H23N3O2S. The fourth-order valence-corrected chi connectivity index (χ4v) is 4.93. The highest BCUT2D eigenvalue weighted by atomic mass is 32.1. The molecule has 164 valence electrons. The van der Waals surface area contributed by atoms with Crippen molar-refractivity contribution in [2.24, 2.45) is 0 Å². The smallest absolute Gasteiger partial charge is 0.267 e. The Labute approximate surface area is 196 Å². The number of carbonyl (C=O) groups excluding carboxylic acids is 1. The van der Waals surface area contributed by atoms with Crippen LogP contribution in [0.25, 0.3) is 21.0 Å². The molecule has 5 nitrogen and oxygen atoms in total. The van der Waals surface area contributed by atoms with E-state index in [9.17, 15) is 4.79 Å². The molecule has 0 bridgehead atoms. The van der Waals surface area contributed by atoms with Crippen molar-refractivity contribution in [3.05, 3.63) is 95.8 Å². The van der Waals surface area contributed by atoms with Gasteiger partial charge < -0.3 is 4.74 Å². The van der Waals surface area contributed by atoms with Gasteiger partial charge in [-0.15, -0.1) is 0 Å². The average Bonchev–Trinajstić information content (AvgIpc) is 3.25. The van der Waals surface area contributed by atoms with Crippen LogP contribution in [0.3, 0.4) is 0 Å². The van der Waals surface area contributed by atoms with Crippen LogP contribution >= 0.6 is 11.3 Å². The second-order valence-electron chi connectivity index (χ2n) is 8.07. The van der Waals surface area contributed by atoms with E-state index in [0.29, 0.717) is 17.4 Å². The van der Waals surface area contributed by atoms with E-state index in [0.717, 1.165) is 37.7 Å². The molecule has 0 unspecified atom stereocenters. The van der Waals surface area contributed by atoms with Crippen LogP contribution in [0, 0.1) is 13.8 Å². The summed E-state index contributed by atoms with van der Waals surface area (Å²) in [6, 6.07) is 22.0. The predicted molar refractivity (Wildman–Crippen MR) is 134 cm³/mol. The summed E-state index contributed by atoms with van der Waals surface area (Å²) in [5.41, 5.74) is 4.16. The van der Waals surface area contributed by atoms with Gasteiger partial charge in [-0.2, -0.15) is 0 Å². The molecule has 3 aromatic carbocycles. The van der Waals surface area contributed by atoms with Crippen LogP contribution in [0.4, 0.5) is 5.13 Å². The highest BCUT2D eigenvalue weighted by Gasteiger charge is 2.22. The summed E-state index contributed by atoms with van der Waals surface area (Å²) in [5, 5.41) is 2.87. The van der Waals surface area contributed by atoms with Gasteiger partial charge in [-0.1, -0.05) is 53.8 Å². The summed E-state index contributed by atoms with van der Waals surface area (Å²) < 4.78 is 7.00. The average molecular weight is 454 g/mol. The van der Waals surface area contributed by atoms with Crippen LogP contribution in [0.2, 0.25) is 0 Å². The minimum absolute atomic E-state index is 0.0768. The zero-order chi connectivity index (χ0) is 22.8. The summed E-state index contributed by atoms with van der Waals surface area (Å²) in [4.78, 5) is 24.0. The number of amides is 1. The Balaban J connectivity index is 1.43. The lowest BCUT2D eigenvalue weighted by Crippen LogP contribution is -2.34. The van der Waals surface area contributed by atoms with Gasteiger partial charge in [0.05, 0.1) is 16.8 Å². The number of hydrogen-bond acceptors (Lipinski definition) is 5. The van der Waals surface area contributed by atoms with E-state index in [-0.39, 0.29) is 12.5 Å². The Morgan fingerprint density at radius 3 is 2.67 bits per heavy atom.